The Bertz CT molecular complexity index is 511. The molecule has 0 spiro atoms. The number of hydrogen-bond donors (Lipinski definition) is 1. The number of nitrogens with zero attached hydrogens (tertiary/aromatic N) is 1. The first-order chi connectivity index (χ1) is 8.81. The molecule has 0 aliphatic rings. The Balaban J connectivity index is 1.95. The van der Waals surface area contributed by atoms with Crippen LogP contribution < -0.4 is 5.32 Å². The maximum Gasteiger partial charge on any atom is 0.0573 e. The number of benzene rings is 1. The Hall–Kier alpha value is -1.38. The van der Waals surface area contributed by atoms with Crippen LogP contribution in [0.5, 0.6) is 0 Å². The average molecular weight is 261 g/mol. The van der Waals surface area contributed by atoms with Crippen molar-refractivity contribution in [1.29, 1.82) is 0 Å². The molecule has 0 amide bonds. The number of nitrogens with one attached hydrogen (secondary N) is 1. The van der Waals surface area contributed by atoms with Crippen LogP contribution in [0.1, 0.15) is 23.7 Å². The van der Waals surface area contributed by atoms with Gasteiger partial charge in [-0.3, -0.25) is 4.98 Å². The number of aryl methyl sites for hydroxylation is 1. The van der Waals surface area contributed by atoms with Gasteiger partial charge in [0.25, 0.3) is 0 Å². The third-order valence-electron chi connectivity index (χ3n) is 2.93. The Morgan fingerprint density at radius 2 is 1.83 bits per heavy atom. The highest BCUT2D eigenvalue weighted by Gasteiger charge is 2.02. The number of hydrogen-bond acceptors (Lipinski definition) is 2. The minimum atomic E-state index is 0.763. The van der Waals surface area contributed by atoms with Crippen molar-refractivity contribution in [3.8, 4) is 0 Å². The second-order valence-corrected chi connectivity index (χ2v) is 4.56. The fraction of sp³-hybridized carbons (Fsp3) is 0.267. The van der Waals surface area contributed by atoms with Gasteiger partial charge in [0.1, 0.15) is 0 Å². The number of aromatic nitrogens is 1. The summed E-state index contributed by atoms with van der Waals surface area (Å²) in [6.45, 7) is 3.68. The van der Waals surface area contributed by atoms with Gasteiger partial charge in [0.05, 0.1) is 5.69 Å². The Morgan fingerprint density at radius 1 is 1.06 bits per heavy atom. The van der Waals surface area contributed by atoms with Gasteiger partial charge in [-0.2, -0.15) is 0 Å². The molecule has 1 heterocycles. The molecule has 0 saturated heterocycles. The lowest BCUT2D eigenvalue weighted by molar-refractivity contribution is 0.673. The molecule has 94 valence electrons. The molecule has 0 aliphatic heterocycles. The van der Waals surface area contributed by atoms with E-state index in [9.17, 15) is 0 Å². The highest BCUT2D eigenvalue weighted by Crippen LogP contribution is 2.14. The molecule has 1 N–H and O–H groups in total. The zero-order valence-electron chi connectivity index (χ0n) is 10.5. The van der Waals surface area contributed by atoms with Crippen LogP contribution in [0.3, 0.4) is 0 Å². The van der Waals surface area contributed by atoms with Gasteiger partial charge in [-0.15, -0.1) is 0 Å². The van der Waals surface area contributed by atoms with Crippen molar-refractivity contribution in [2.45, 2.75) is 26.4 Å². The molecule has 2 aromatic rings. The maximum atomic E-state index is 6.11. The topological polar surface area (TPSA) is 24.9 Å². The largest absolute Gasteiger partial charge is 0.307 e. The van der Waals surface area contributed by atoms with Crippen molar-refractivity contribution < 1.29 is 0 Å². The van der Waals surface area contributed by atoms with E-state index < -0.39 is 0 Å². The predicted molar refractivity (Wildman–Crippen MR) is 75.6 cm³/mol. The SMILES string of the molecule is CCc1cccnc1CNCc1ccccc1Cl. The highest BCUT2D eigenvalue weighted by molar-refractivity contribution is 6.31. The van der Waals surface area contributed by atoms with Crippen molar-refractivity contribution >= 4 is 11.6 Å². The van der Waals surface area contributed by atoms with Gasteiger partial charge < -0.3 is 5.32 Å². The minimum Gasteiger partial charge on any atom is -0.307 e. The van der Waals surface area contributed by atoms with E-state index in [2.05, 4.69) is 23.3 Å². The summed E-state index contributed by atoms with van der Waals surface area (Å²) < 4.78 is 0. The average Bonchev–Trinajstić information content (AvgIpc) is 2.41. The van der Waals surface area contributed by atoms with Crippen LogP contribution in [0.4, 0.5) is 0 Å². The molecule has 1 aromatic carbocycles. The van der Waals surface area contributed by atoms with Crippen LogP contribution in [0.2, 0.25) is 5.02 Å². The van der Waals surface area contributed by atoms with E-state index >= 15 is 0 Å². The molecule has 3 heteroatoms. The Labute approximate surface area is 113 Å². The summed E-state index contributed by atoms with van der Waals surface area (Å²) in [6.07, 6.45) is 2.85. The van der Waals surface area contributed by atoms with E-state index in [1.165, 1.54) is 5.56 Å². The van der Waals surface area contributed by atoms with E-state index in [0.717, 1.165) is 35.8 Å². The summed E-state index contributed by atoms with van der Waals surface area (Å²) in [5.74, 6) is 0. The van der Waals surface area contributed by atoms with Crippen molar-refractivity contribution in [1.82, 2.24) is 10.3 Å². The van der Waals surface area contributed by atoms with Crippen LogP contribution in [-0.2, 0) is 19.5 Å². The summed E-state index contributed by atoms with van der Waals surface area (Å²) in [4.78, 5) is 4.41. The van der Waals surface area contributed by atoms with E-state index in [1.54, 1.807) is 0 Å². The van der Waals surface area contributed by atoms with E-state index in [-0.39, 0.29) is 0 Å². The summed E-state index contributed by atoms with van der Waals surface area (Å²) in [7, 11) is 0. The lowest BCUT2D eigenvalue weighted by atomic mass is 10.1. The van der Waals surface area contributed by atoms with E-state index in [0.29, 0.717) is 0 Å². The highest BCUT2D eigenvalue weighted by atomic mass is 35.5. The van der Waals surface area contributed by atoms with Crippen molar-refractivity contribution in [2.24, 2.45) is 0 Å². The lowest BCUT2D eigenvalue weighted by Crippen LogP contribution is -2.15. The number of halogens is 1. The quantitative estimate of drug-likeness (QED) is 0.889. The van der Waals surface area contributed by atoms with Gasteiger partial charge in [-0.05, 0) is 29.7 Å². The van der Waals surface area contributed by atoms with Gasteiger partial charge in [-0.25, -0.2) is 0 Å². The van der Waals surface area contributed by atoms with Gasteiger partial charge in [-0.1, -0.05) is 42.8 Å². The first-order valence-electron chi connectivity index (χ1n) is 6.18. The maximum absolute atomic E-state index is 6.11. The molecule has 0 unspecified atom stereocenters. The molecular formula is C15H17ClN2. The molecule has 0 saturated carbocycles. The van der Waals surface area contributed by atoms with E-state index in [4.69, 9.17) is 11.6 Å². The first kappa shape index (κ1) is 13.1. The van der Waals surface area contributed by atoms with Gasteiger partial charge in [0.2, 0.25) is 0 Å². The summed E-state index contributed by atoms with van der Waals surface area (Å²) >= 11 is 6.11. The zero-order valence-corrected chi connectivity index (χ0v) is 11.2. The standard InChI is InChI=1S/C15H17ClN2/c1-2-12-7-5-9-18-15(12)11-17-10-13-6-3-4-8-14(13)16/h3-9,17H,2,10-11H2,1H3. The second kappa shape index (κ2) is 6.53. The van der Waals surface area contributed by atoms with Gasteiger partial charge >= 0.3 is 0 Å². The molecule has 2 rings (SSSR count). The van der Waals surface area contributed by atoms with E-state index in [1.807, 2.05) is 36.5 Å². The fourth-order valence-corrected chi connectivity index (χ4v) is 2.11. The first-order valence-corrected chi connectivity index (χ1v) is 6.56. The second-order valence-electron chi connectivity index (χ2n) is 4.16. The normalized spacial score (nSPS) is 10.6. The molecule has 0 aliphatic carbocycles. The predicted octanol–water partition coefficient (Wildman–Crippen LogP) is 3.59. The van der Waals surface area contributed by atoms with Crippen LogP contribution in [0.15, 0.2) is 42.6 Å². The Kier molecular flexibility index (Phi) is 4.73. The van der Waals surface area contributed by atoms with Crippen LogP contribution in [0.25, 0.3) is 0 Å². The molecule has 2 nitrogen and oxygen atoms in total. The van der Waals surface area contributed by atoms with Crippen molar-refractivity contribution in [3.05, 3.63) is 64.4 Å². The minimum absolute atomic E-state index is 0.763. The Morgan fingerprint density at radius 3 is 2.61 bits per heavy atom. The number of rotatable bonds is 5. The summed E-state index contributed by atoms with van der Waals surface area (Å²) in [5, 5.41) is 4.19. The smallest absolute Gasteiger partial charge is 0.0573 e. The summed E-state index contributed by atoms with van der Waals surface area (Å²) in [6, 6.07) is 12.0. The monoisotopic (exact) mass is 260 g/mol. The fourth-order valence-electron chi connectivity index (χ4n) is 1.91. The molecule has 0 fully saturated rings. The van der Waals surface area contributed by atoms with Crippen LogP contribution >= 0.6 is 11.6 Å². The number of pyridine rings is 1. The van der Waals surface area contributed by atoms with Gasteiger partial charge in [0, 0.05) is 24.3 Å². The molecule has 1 aromatic heterocycles. The third-order valence-corrected chi connectivity index (χ3v) is 3.30. The van der Waals surface area contributed by atoms with Crippen molar-refractivity contribution in [3.63, 3.8) is 0 Å². The third kappa shape index (κ3) is 3.31. The lowest BCUT2D eigenvalue weighted by Gasteiger charge is -2.09. The zero-order chi connectivity index (χ0) is 12.8. The molecule has 0 radical (unpaired) electrons. The summed E-state index contributed by atoms with van der Waals surface area (Å²) in [5.41, 5.74) is 3.53. The van der Waals surface area contributed by atoms with Crippen LogP contribution in [-0.4, -0.2) is 4.98 Å². The molecule has 18 heavy (non-hydrogen) atoms. The van der Waals surface area contributed by atoms with Crippen LogP contribution in [0, 0.1) is 0 Å². The molecule has 0 atom stereocenters. The van der Waals surface area contributed by atoms with Crippen molar-refractivity contribution in [2.75, 3.05) is 0 Å². The molecular weight excluding hydrogens is 244 g/mol. The van der Waals surface area contributed by atoms with Gasteiger partial charge in [0.15, 0.2) is 0 Å². The molecule has 0 bridgehead atoms.